The van der Waals surface area contributed by atoms with E-state index in [0.717, 1.165) is 36.3 Å². The first kappa shape index (κ1) is 14.8. The summed E-state index contributed by atoms with van der Waals surface area (Å²) >= 11 is 6.04. The third-order valence-electron chi connectivity index (χ3n) is 4.72. The molecule has 1 aromatic carbocycles. The topological polar surface area (TPSA) is 45.3 Å². The predicted octanol–water partition coefficient (Wildman–Crippen LogP) is 3.62. The zero-order valence-corrected chi connectivity index (χ0v) is 13.6. The summed E-state index contributed by atoms with van der Waals surface area (Å²) in [5.74, 6) is 0.142. The Morgan fingerprint density at radius 1 is 1.39 bits per heavy atom. The lowest BCUT2D eigenvalue weighted by Gasteiger charge is -2.28. The maximum absolute atomic E-state index is 12.4. The summed E-state index contributed by atoms with van der Waals surface area (Å²) in [6.45, 7) is 2.13. The Balaban J connectivity index is 1.53. The molecule has 1 N–H and O–H groups in total. The minimum absolute atomic E-state index is 0.142. The van der Waals surface area contributed by atoms with Crippen LogP contribution >= 0.6 is 11.6 Å². The van der Waals surface area contributed by atoms with Gasteiger partial charge in [0.25, 0.3) is 5.91 Å². The van der Waals surface area contributed by atoms with Crippen molar-refractivity contribution in [1.29, 1.82) is 0 Å². The first-order valence-corrected chi connectivity index (χ1v) is 8.46. The molecule has 4 nitrogen and oxygen atoms in total. The maximum Gasteiger partial charge on any atom is 0.251 e. The lowest BCUT2D eigenvalue weighted by Crippen LogP contribution is -2.41. The van der Waals surface area contributed by atoms with Gasteiger partial charge < -0.3 is 14.6 Å². The number of ether oxygens (including phenoxy) is 1. The molecule has 3 heterocycles. The molecule has 5 heteroatoms. The second kappa shape index (κ2) is 6.02. The van der Waals surface area contributed by atoms with Crippen molar-refractivity contribution in [2.24, 2.45) is 0 Å². The molecule has 1 atom stereocenters. The number of amides is 1. The molecule has 120 valence electrons. The Morgan fingerprint density at radius 2 is 2.30 bits per heavy atom. The summed E-state index contributed by atoms with van der Waals surface area (Å²) in [6.07, 6.45) is 6.69. The van der Waals surface area contributed by atoms with E-state index < -0.39 is 0 Å². The standard InChI is InChI=1S/C18H19ClN2O2/c19-13-3-4-14-15(11-20-16(14)10-13)12-5-7-21(8-6-12)18(22)17-2-1-9-23-17/h3-5,10-11,17,20H,1-2,6-9H2. The van der Waals surface area contributed by atoms with Crippen molar-refractivity contribution in [3.63, 3.8) is 0 Å². The van der Waals surface area contributed by atoms with Crippen LogP contribution in [-0.4, -0.2) is 41.6 Å². The minimum atomic E-state index is -0.222. The summed E-state index contributed by atoms with van der Waals surface area (Å²) in [5, 5.41) is 1.91. The lowest BCUT2D eigenvalue weighted by atomic mass is 9.98. The number of halogens is 1. The van der Waals surface area contributed by atoms with Crippen LogP contribution in [0.2, 0.25) is 5.02 Å². The van der Waals surface area contributed by atoms with Crippen LogP contribution in [0.1, 0.15) is 24.8 Å². The zero-order valence-electron chi connectivity index (χ0n) is 12.8. The van der Waals surface area contributed by atoms with E-state index in [4.69, 9.17) is 16.3 Å². The number of hydrogen-bond acceptors (Lipinski definition) is 2. The van der Waals surface area contributed by atoms with Gasteiger partial charge in [-0.1, -0.05) is 23.7 Å². The molecule has 1 aromatic heterocycles. The summed E-state index contributed by atoms with van der Waals surface area (Å²) in [4.78, 5) is 17.6. The smallest absolute Gasteiger partial charge is 0.251 e. The van der Waals surface area contributed by atoms with Crippen molar-refractivity contribution in [3.05, 3.63) is 41.1 Å². The van der Waals surface area contributed by atoms with Crippen molar-refractivity contribution in [3.8, 4) is 0 Å². The molecule has 1 unspecified atom stereocenters. The number of fused-ring (bicyclic) bond motifs is 1. The van der Waals surface area contributed by atoms with E-state index in [2.05, 4.69) is 11.1 Å². The van der Waals surface area contributed by atoms with Gasteiger partial charge in [0.2, 0.25) is 0 Å². The number of hydrogen-bond donors (Lipinski definition) is 1. The molecule has 2 aromatic rings. The number of nitrogens with one attached hydrogen (secondary N) is 1. The highest BCUT2D eigenvalue weighted by Gasteiger charge is 2.29. The number of carbonyl (C=O) groups is 1. The van der Waals surface area contributed by atoms with Crippen molar-refractivity contribution in [1.82, 2.24) is 9.88 Å². The second-order valence-electron chi connectivity index (χ2n) is 6.16. The van der Waals surface area contributed by atoms with E-state index in [9.17, 15) is 4.79 Å². The fourth-order valence-electron chi connectivity index (χ4n) is 3.45. The normalized spacial score (nSPS) is 21.7. The Labute approximate surface area is 140 Å². The first-order valence-electron chi connectivity index (χ1n) is 8.09. The van der Waals surface area contributed by atoms with Crippen LogP contribution < -0.4 is 0 Å². The van der Waals surface area contributed by atoms with Crippen LogP contribution in [0.3, 0.4) is 0 Å². The lowest BCUT2D eigenvalue weighted by molar-refractivity contribution is -0.140. The molecule has 0 saturated carbocycles. The Morgan fingerprint density at radius 3 is 3.04 bits per heavy atom. The fraction of sp³-hybridized carbons (Fsp3) is 0.389. The van der Waals surface area contributed by atoms with Gasteiger partial charge in [-0.15, -0.1) is 0 Å². The molecule has 2 aliphatic rings. The SMILES string of the molecule is O=C(C1CCCO1)N1CC=C(c2c[nH]c3cc(Cl)ccc23)CC1. The zero-order chi connectivity index (χ0) is 15.8. The van der Waals surface area contributed by atoms with Crippen LogP contribution in [-0.2, 0) is 9.53 Å². The monoisotopic (exact) mass is 330 g/mol. The molecule has 1 fully saturated rings. The van der Waals surface area contributed by atoms with Gasteiger partial charge in [-0.05, 0) is 37.0 Å². The van der Waals surface area contributed by atoms with Crippen LogP contribution in [0.15, 0.2) is 30.5 Å². The maximum atomic E-state index is 12.4. The largest absolute Gasteiger partial charge is 0.368 e. The van der Waals surface area contributed by atoms with Gasteiger partial charge >= 0.3 is 0 Å². The molecule has 0 bridgehead atoms. The molecular weight excluding hydrogens is 312 g/mol. The number of H-pyrrole nitrogens is 1. The summed E-state index contributed by atoms with van der Waals surface area (Å²) in [7, 11) is 0. The quantitative estimate of drug-likeness (QED) is 0.914. The van der Waals surface area contributed by atoms with Gasteiger partial charge in [-0.2, -0.15) is 0 Å². The molecule has 23 heavy (non-hydrogen) atoms. The van der Waals surface area contributed by atoms with Gasteiger partial charge in [0.1, 0.15) is 6.10 Å². The molecular formula is C18H19ClN2O2. The third-order valence-corrected chi connectivity index (χ3v) is 4.95. The second-order valence-corrected chi connectivity index (χ2v) is 6.59. The van der Waals surface area contributed by atoms with Crippen molar-refractivity contribution in [2.45, 2.75) is 25.4 Å². The van der Waals surface area contributed by atoms with Gasteiger partial charge in [-0.25, -0.2) is 0 Å². The van der Waals surface area contributed by atoms with Crippen molar-refractivity contribution < 1.29 is 9.53 Å². The average molecular weight is 331 g/mol. The number of carbonyl (C=O) groups excluding carboxylic acids is 1. The highest BCUT2D eigenvalue weighted by atomic mass is 35.5. The molecule has 0 aliphatic carbocycles. The Hall–Kier alpha value is -1.78. The molecule has 4 rings (SSSR count). The van der Waals surface area contributed by atoms with Gasteiger partial charge in [0, 0.05) is 47.4 Å². The van der Waals surface area contributed by atoms with E-state index in [0.29, 0.717) is 13.2 Å². The van der Waals surface area contributed by atoms with E-state index in [1.54, 1.807) is 0 Å². The Bertz CT molecular complexity index is 774. The Kier molecular flexibility index (Phi) is 3.87. The summed E-state index contributed by atoms with van der Waals surface area (Å²) in [6, 6.07) is 5.91. The van der Waals surface area contributed by atoms with Crippen LogP contribution in [0.25, 0.3) is 16.5 Å². The van der Waals surface area contributed by atoms with Crippen molar-refractivity contribution >= 4 is 34.0 Å². The predicted molar refractivity (Wildman–Crippen MR) is 91.5 cm³/mol. The summed E-state index contributed by atoms with van der Waals surface area (Å²) < 4.78 is 5.51. The van der Waals surface area contributed by atoms with Crippen LogP contribution in [0, 0.1) is 0 Å². The number of aromatic nitrogens is 1. The molecule has 0 spiro atoms. The van der Waals surface area contributed by atoms with Gasteiger partial charge in [0.15, 0.2) is 0 Å². The van der Waals surface area contributed by atoms with E-state index in [-0.39, 0.29) is 12.0 Å². The number of nitrogens with zero attached hydrogens (tertiary/aromatic N) is 1. The highest BCUT2D eigenvalue weighted by Crippen LogP contribution is 2.31. The van der Waals surface area contributed by atoms with Crippen LogP contribution in [0.4, 0.5) is 0 Å². The average Bonchev–Trinajstić information content (AvgIpc) is 3.23. The molecule has 0 radical (unpaired) electrons. The van der Waals surface area contributed by atoms with Gasteiger partial charge in [-0.3, -0.25) is 4.79 Å². The van der Waals surface area contributed by atoms with E-state index in [1.165, 1.54) is 16.5 Å². The molecule has 1 saturated heterocycles. The minimum Gasteiger partial charge on any atom is -0.368 e. The molecule has 2 aliphatic heterocycles. The van der Waals surface area contributed by atoms with Crippen molar-refractivity contribution in [2.75, 3.05) is 19.7 Å². The number of benzene rings is 1. The van der Waals surface area contributed by atoms with E-state index >= 15 is 0 Å². The third kappa shape index (κ3) is 2.77. The highest BCUT2D eigenvalue weighted by molar-refractivity contribution is 6.31. The fourth-order valence-corrected chi connectivity index (χ4v) is 3.63. The summed E-state index contributed by atoms with van der Waals surface area (Å²) in [5.41, 5.74) is 3.54. The number of aromatic amines is 1. The molecule has 1 amide bonds. The van der Waals surface area contributed by atoms with Gasteiger partial charge in [0.05, 0.1) is 0 Å². The number of rotatable bonds is 2. The van der Waals surface area contributed by atoms with E-state index in [1.807, 2.05) is 29.3 Å². The first-order chi connectivity index (χ1) is 11.2. The van der Waals surface area contributed by atoms with Crippen LogP contribution in [0.5, 0.6) is 0 Å².